The zero-order valence-electron chi connectivity index (χ0n) is 13.6. The minimum absolute atomic E-state index is 0.182. The standard InChI is InChI=1S/C17H31NO2S/c1-3-7-18-15(16-13(2)4-8-19-16)14-5-9-20-17(11-14)6-10-21-12-17/h13-16,18H,3-12H2,1-2H3. The third-order valence-electron chi connectivity index (χ3n) is 5.53. The zero-order valence-corrected chi connectivity index (χ0v) is 14.4. The molecule has 5 unspecified atom stereocenters. The van der Waals surface area contributed by atoms with Crippen LogP contribution in [0.25, 0.3) is 0 Å². The lowest BCUT2D eigenvalue weighted by atomic mass is 9.77. The van der Waals surface area contributed by atoms with Gasteiger partial charge in [0.25, 0.3) is 0 Å². The Hall–Kier alpha value is 0.230. The minimum atomic E-state index is 0.182. The predicted octanol–water partition coefficient (Wildman–Crippen LogP) is 3.08. The lowest BCUT2D eigenvalue weighted by Gasteiger charge is -2.43. The number of nitrogens with one attached hydrogen (secondary N) is 1. The van der Waals surface area contributed by atoms with Crippen LogP contribution < -0.4 is 5.32 Å². The van der Waals surface area contributed by atoms with Crippen LogP contribution in [-0.2, 0) is 9.47 Å². The van der Waals surface area contributed by atoms with Gasteiger partial charge in [0.1, 0.15) is 0 Å². The highest BCUT2D eigenvalue weighted by Crippen LogP contribution is 2.42. The summed E-state index contributed by atoms with van der Waals surface area (Å²) in [4.78, 5) is 0. The molecular weight excluding hydrogens is 282 g/mol. The van der Waals surface area contributed by atoms with E-state index in [0.29, 0.717) is 18.1 Å². The lowest BCUT2D eigenvalue weighted by molar-refractivity contribution is -0.0957. The monoisotopic (exact) mass is 313 g/mol. The second-order valence-electron chi connectivity index (χ2n) is 7.17. The van der Waals surface area contributed by atoms with E-state index >= 15 is 0 Å². The van der Waals surface area contributed by atoms with Crippen molar-refractivity contribution in [3.05, 3.63) is 0 Å². The zero-order chi connectivity index (χ0) is 14.7. The third-order valence-corrected chi connectivity index (χ3v) is 6.76. The molecule has 3 fully saturated rings. The molecular formula is C17H31NO2S. The van der Waals surface area contributed by atoms with E-state index in [1.54, 1.807) is 0 Å². The molecule has 122 valence electrons. The highest BCUT2D eigenvalue weighted by atomic mass is 32.2. The smallest absolute Gasteiger partial charge is 0.0783 e. The molecule has 0 aromatic rings. The van der Waals surface area contributed by atoms with Crippen LogP contribution in [0.4, 0.5) is 0 Å². The van der Waals surface area contributed by atoms with Crippen molar-refractivity contribution in [3.63, 3.8) is 0 Å². The third kappa shape index (κ3) is 3.60. The van der Waals surface area contributed by atoms with Gasteiger partial charge >= 0.3 is 0 Å². The number of hydrogen-bond donors (Lipinski definition) is 1. The van der Waals surface area contributed by atoms with Crippen molar-refractivity contribution in [1.82, 2.24) is 5.32 Å². The molecule has 3 heterocycles. The largest absolute Gasteiger partial charge is 0.376 e. The van der Waals surface area contributed by atoms with Gasteiger partial charge in [-0.3, -0.25) is 0 Å². The van der Waals surface area contributed by atoms with E-state index in [1.807, 2.05) is 0 Å². The maximum absolute atomic E-state index is 6.21. The topological polar surface area (TPSA) is 30.5 Å². The van der Waals surface area contributed by atoms with Crippen molar-refractivity contribution < 1.29 is 9.47 Å². The van der Waals surface area contributed by atoms with Crippen molar-refractivity contribution in [1.29, 1.82) is 0 Å². The Kier molecular flexibility index (Phi) is 5.52. The lowest BCUT2D eigenvalue weighted by Crippen LogP contribution is -2.53. The van der Waals surface area contributed by atoms with Gasteiger partial charge in [-0.05, 0) is 56.2 Å². The first kappa shape index (κ1) is 16.1. The van der Waals surface area contributed by atoms with Gasteiger partial charge in [0.2, 0.25) is 0 Å². The van der Waals surface area contributed by atoms with E-state index in [-0.39, 0.29) is 5.60 Å². The molecule has 5 atom stereocenters. The quantitative estimate of drug-likeness (QED) is 0.845. The van der Waals surface area contributed by atoms with Crippen LogP contribution in [0.15, 0.2) is 0 Å². The molecule has 0 aromatic carbocycles. The maximum atomic E-state index is 6.21. The highest BCUT2D eigenvalue weighted by Gasteiger charge is 2.45. The number of thioether (sulfide) groups is 1. The molecule has 3 aliphatic rings. The van der Waals surface area contributed by atoms with E-state index in [0.717, 1.165) is 25.7 Å². The number of rotatable bonds is 5. The second kappa shape index (κ2) is 7.20. The van der Waals surface area contributed by atoms with Crippen LogP contribution in [0.1, 0.15) is 46.0 Å². The summed E-state index contributed by atoms with van der Waals surface area (Å²) in [5.74, 6) is 3.88. The molecule has 0 saturated carbocycles. The van der Waals surface area contributed by atoms with E-state index < -0.39 is 0 Å². The average Bonchev–Trinajstić information content (AvgIpc) is 3.10. The van der Waals surface area contributed by atoms with Crippen molar-refractivity contribution in [2.75, 3.05) is 31.3 Å². The Morgan fingerprint density at radius 1 is 1.33 bits per heavy atom. The molecule has 4 heteroatoms. The van der Waals surface area contributed by atoms with Crippen LogP contribution in [0.5, 0.6) is 0 Å². The Labute approximate surface area is 133 Å². The fourth-order valence-electron chi connectivity index (χ4n) is 4.27. The van der Waals surface area contributed by atoms with Gasteiger partial charge in [0.15, 0.2) is 0 Å². The summed E-state index contributed by atoms with van der Waals surface area (Å²) in [7, 11) is 0. The van der Waals surface area contributed by atoms with Crippen molar-refractivity contribution in [3.8, 4) is 0 Å². The normalized spacial score (nSPS) is 41.7. The summed E-state index contributed by atoms with van der Waals surface area (Å²) in [6.45, 7) is 7.61. The molecule has 1 N–H and O–H groups in total. The summed E-state index contributed by atoms with van der Waals surface area (Å²) in [5.41, 5.74) is 0.182. The van der Waals surface area contributed by atoms with E-state index in [1.165, 1.54) is 43.6 Å². The predicted molar refractivity (Wildman–Crippen MR) is 89.0 cm³/mol. The average molecular weight is 314 g/mol. The molecule has 3 saturated heterocycles. The van der Waals surface area contributed by atoms with Gasteiger partial charge in [0.05, 0.1) is 11.7 Å². The molecule has 0 bridgehead atoms. The summed E-state index contributed by atoms with van der Waals surface area (Å²) in [6.07, 6.45) is 6.50. The molecule has 0 aromatic heterocycles. The highest BCUT2D eigenvalue weighted by molar-refractivity contribution is 7.99. The van der Waals surface area contributed by atoms with Gasteiger partial charge in [-0.25, -0.2) is 0 Å². The van der Waals surface area contributed by atoms with E-state index in [2.05, 4.69) is 30.9 Å². The number of ether oxygens (including phenoxy) is 2. The molecule has 21 heavy (non-hydrogen) atoms. The fourth-order valence-corrected chi connectivity index (χ4v) is 5.65. The van der Waals surface area contributed by atoms with Crippen molar-refractivity contribution >= 4 is 11.8 Å². The fraction of sp³-hybridized carbons (Fsp3) is 1.00. The van der Waals surface area contributed by atoms with Gasteiger partial charge in [-0.2, -0.15) is 11.8 Å². The summed E-state index contributed by atoms with van der Waals surface area (Å²) in [5, 5.41) is 3.83. The van der Waals surface area contributed by atoms with Crippen LogP contribution in [0.3, 0.4) is 0 Å². The molecule has 0 aliphatic carbocycles. The van der Waals surface area contributed by atoms with Crippen molar-refractivity contribution in [2.24, 2.45) is 11.8 Å². The molecule has 3 aliphatic heterocycles. The first-order valence-corrected chi connectivity index (χ1v) is 9.96. The second-order valence-corrected chi connectivity index (χ2v) is 8.27. The van der Waals surface area contributed by atoms with Crippen LogP contribution in [-0.4, -0.2) is 49.0 Å². The maximum Gasteiger partial charge on any atom is 0.0783 e. The summed E-state index contributed by atoms with van der Waals surface area (Å²) < 4.78 is 12.3. The Morgan fingerprint density at radius 3 is 2.90 bits per heavy atom. The van der Waals surface area contributed by atoms with Gasteiger partial charge in [-0.1, -0.05) is 13.8 Å². The van der Waals surface area contributed by atoms with E-state index in [4.69, 9.17) is 9.47 Å². The minimum Gasteiger partial charge on any atom is -0.376 e. The van der Waals surface area contributed by atoms with Crippen LogP contribution in [0.2, 0.25) is 0 Å². The van der Waals surface area contributed by atoms with Gasteiger partial charge < -0.3 is 14.8 Å². The summed E-state index contributed by atoms with van der Waals surface area (Å²) in [6, 6.07) is 0.522. The van der Waals surface area contributed by atoms with Crippen LogP contribution >= 0.6 is 11.8 Å². The Bertz CT molecular complexity index is 333. The molecule has 3 nitrogen and oxygen atoms in total. The summed E-state index contributed by atoms with van der Waals surface area (Å²) >= 11 is 2.07. The van der Waals surface area contributed by atoms with E-state index in [9.17, 15) is 0 Å². The van der Waals surface area contributed by atoms with Crippen LogP contribution in [0, 0.1) is 11.8 Å². The number of hydrogen-bond acceptors (Lipinski definition) is 4. The molecule has 0 radical (unpaired) electrons. The first-order chi connectivity index (χ1) is 10.2. The van der Waals surface area contributed by atoms with Gasteiger partial charge in [0, 0.05) is 25.0 Å². The molecule has 1 spiro atoms. The Morgan fingerprint density at radius 2 is 2.24 bits per heavy atom. The first-order valence-electron chi connectivity index (χ1n) is 8.81. The Balaban J connectivity index is 1.69. The molecule has 0 amide bonds. The molecule has 3 rings (SSSR count). The SMILES string of the molecule is CCCNC(C1CCOC2(CCSC2)C1)C1OCCC1C. The van der Waals surface area contributed by atoms with Crippen molar-refractivity contribution in [2.45, 2.75) is 63.7 Å². The van der Waals surface area contributed by atoms with Gasteiger partial charge in [-0.15, -0.1) is 0 Å².